The van der Waals surface area contributed by atoms with Crippen LogP contribution < -0.4 is 9.47 Å². The van der Waals surface area contributed by atoms with Crippen LogP contribution in [0, 0.1) is 0 Å². The number of hydrogen-bond acceptors (Lipinski definition) is 4. The zero-order chi connectivity index (χ0) is 20.5. The lowest BCUT2D eigenvalue weighted by Gasteiger charge is -2.35. The van der Waals surface area contributed by atoms with Crippen molar-refractivity contribution in [3.05, 3.63) is 87.9 Å². The van der Waals surface area contributed by atoms with Crippen molar-refractivity contribution in [2.24, 2.45) is 0 Å². The molecule has 2 unspecified atom stereocenters. The zero-order valence-corrected chi connectivity index (χ0v) is 18.7. The summed E-state index contributed by atoms with van der Waals surface area (Å²) in [4.78, 5) is 13.9. The normalized spacial score (nSPS) is 20.0. The molecular formula is C25H21BrO3S. The summed E-state index contributed by atoms with van der Waals surface area (Å²) in [7, 11) is 0. The van der Waals surface area contributed by atoms with Gasteiger partial charge < -0.3 is 9.47 Å². The maximum absolute atomic E-state index is 12.7. The van der Waals surface area contributed by atoms with Gasteiger partial charge >= 0.3 is 0 Å². The minimum absolute atomic E-state index is 0.150. The van der Waals surface area contributed by atoms with Gasteiger partial charge in [-0.25, -0.2) is 0 Å². The first kappa shape index (κ1) is 19.7. The molecule has 5 heteroatoms. The third kappa shape index (κ3) is 4.01. The molecule has 0 saturated heterocycles. The smallest absolute Gasteiger partial charge is 0.170 e. The fraction of sp³-hybridized carbons (Fsp3) is 0.240. The number of ketones is 1. The lowest BCUT2D eigenvalue weighted by molar-refractivity contribution is 0.0764. The summed E-state index contributed by atoms with van der Waals surface area (Å²) in [6.07, 6.45) is 1.10. The van der Waals surface area contributed by atoms with E-state index in [1.807, 2.05) is 24.3 Å². The average molecular weight is 481 g/mol. The second-order valence-electron chi connectivity index (χ2n) is 7.64. The van der Waals surface area contributed by atoms with Crippen LogP contribution in [0.15, 0.2) is 76.1 Å². The fourth-order valence-corrected chi connectivity index (χ4v) is 5.38. The number of carbonyl (C=O) groups excluding carboxylic acids is 1. The van der Waals surface area contributed by atoms with Gasteiger partial charge in [0.15, 0.2) is 5.78 Å². The Morgan fingerprint density at radius 1 is 1.00 bits per heavy atom. The number of fused-ring (bicyclic) bond motifs is 2. The Hall–Kier alpha value is -2.24. The van der Waals surface area contributed by atoms with Gasteiger partial charge in [0.25, 0.3) is 0 Å². The maximum Gasteiger partial charge on any atom is 0.170 e. The van der Waals surface area contributed by atoms with E-state index in [4.69, 9.17) is 9.47 Å². The Balaban J connectivity index is 1.36. The Morgan fingerprint density at radius 3 is 2.73 bits per heavy atom. The number of benzene rings is 3. The molecule has 0 radical (unpaired) electrons. The summed E-state index contributed by atoms with van der Waals surface area (Å²) in [5.74, 6) is 2.82. The van der Waals surface area contributed by atoms with Crippen molar-refractivity contribution >= 4 is 33.5 Å². The van der Waals surface area contributed by atoms with Gasteiger partial charge in [0.1, 0.15) is 17.6 Å². The molecule has 3 aromatic carbocycles. The summed E-state index contributed by atoms with van der Waals surface area (Å²) in [5, 5.41) is 0. The van der Waals surface area contributed by atoms with Crippen molar-refractivity contribution in [1.29, 1.82) is 0 Å². The third-order valence-electron chi connectivity index (χ3n) is 5.68. The first-order valence-corrected chi connectivity index (χ1v) is 11.9. The summed E-state index contributed by atoms with van der Waals surface area (Å²) >= 11 is 5.28. The Labute approximate surface area is 188 Å². The van der Waals surface area contributed by atoms with Gasteiger partial charge in [0, 0.05) is 33.0 Å². The van der Waals surface area contributed by atoms with E-state index < -0.39 is 0 Å². The van der Waals surface area contributed by atoms with E-state index in [0.29, 0.717) is 24.3 Å². The van der Waals surface area contributed by atoms with Gasteiger partial charge in [-0.15, -0.1) is 11.8 Å². The molecule has 0 fully saturated rings. The van der Waals surface area contributed by atoms with Crippen molar-refractivity contribution < 1.29 is 14.3 Å². The quantitative estimate of drug-likeness (QED) is 0.392. The number of hydrogen-bond donors (Lipinski definition) is 0. The third-order valence-corrected chi connectivity index (χ3v) is 7.24. The predicted molar refractivity (Wildman–Crippen MR) is 123 cm³/mol. The topological polar surface area (TPSA) is 35.5 Å². The molecule has 0 N–H and O–H groups in total. The minimum Gasteiger partial charge on any atom is -0.493 e. The van der Waals surface area contributed by atoms with Crippen LogP contribution in [-0.4, -0.2) is 18.5 Å². The van der Waals surface area contributed by atoms with Gasteiger partial charge in [0.2, 0.25) is 0 Å². The summed E-state index contributed by atoms with van der Waals surface area (Å²) in [5.41, 5.74) is 3.12. The van der Waals surface area contributed by atoms with Crippen LogP contribution in [-0.2, 0) is 5.75 Å². The fourth-order valence-electron chi connectivity index (χ4n) is 4.16. The van der Waals surface area contributed by atoms with Crippen LogP contribution in [0.1, 0.15) is 40.2 Å². The number of halogens is 1. The molecule has 2 heterocycles. The van der Waals surface area contributed by atoms with E-state index in [9.17, 15) is 4.79 Å². The van der Waals surface area contributed by atoms with E-state index in [1.54, 1.807) is 11.8 Å². The Bertz CT molecular complexity index is 1080. The molecule has 30 heavy (non-hydrogen) atoms. The minimum atomic E-state index is -0.162. The number of ether oxygens (including phenoxy) is 2. The lowest BCUT2D eigenvalue weighted by Crippen LogP contribution is -2.35. The number of Topliss-reactive ketones (excluding diaryl/α,β-unsaturated/α-hetero) is 1. The lowest BCUT2D eigenvalue weighted by atomic mass is 9.84. The van der Waals surface area contributed by atoms with E-state index in [0.717, 1.165) is 28.0 Å². The molecular weight excluding hydrogens is 460 g/mol. The van der Waals surface area contributed by atoms with Gasteiger partial charge in [-0.05, 0) is 42.3 Å². The second kappa shape index (κ2) is 8.48. The summed E-state index contributed by atoms with van der Waals surface area (Å²) in [6.45, 7) is 0.643. The first-order chi connectivity index (χ1) is 14.7. The highest BCUT2D eigenvalue weighted by molar-refractivity contribution is 9.10. The van der Waals surface area contributed by atoms with Crippen LogP contribution in [0.2, 0.25) is 0 Å². The van der Waals surface area contributed by atoms with Crippen molar-refractivity contribution in [3.63, 3.8) is 0 Å². The zero-order valence-electron chi connectivity index (χ0n) is 16.3. The molecule has 2 aliphatic rings. The largest absolute Gasteiger partial charge is 0.493 e. The van der Waals surface area contributed by atoms with Crippen molar-refractivity contribution in [2.75, 3.05) is 6.61 Å². The molecule has 2 atom stereocenters. The summed E-state index contributed by atoms with van der Waals surface area (Å²) < 4.78 is 13.2. The Kier molecular flexibility index (Phi) is 5.57. The van der Waals surface area contributed by atoms with Crippen molar-refractivity contribution in [1.82, 2.24) is 0 Å². The predicted octanol–water partition coefficient (Wildman–Crippen LogP) is 6.64. The molecule has 152 valence electrons. The second-order valence-corrected chi connectivity index (χ2v) is 9.61. The number of rotatable bonds is 4. The molecule has 0 amide bonds. The molecule has 0 aliphatic carbocycles. The van der Waals surface area contributed by atoms with Crippen LogP contribution >= 0.6 is 27.7 Å². The van der Waals surface area contributed by atoms with Gasteiger partial charge in [-0.2, -0.15) is 0 Å². The molecule has 0 bridgehead atoms. The van der Waals surface area contributed by atoms with Gasteiger partial charge in [-0.3, -0.25) is 4.79 Å². The highest BCUT2D eigenvalue weighted by Crippen LogP contribution is 2.43. The number of thioether (sulfide) groups is 1. The van der Waals surface area contributed by atoms with Crippen LogP contribution in [0.4, 0.5) is 0 Å². The Morgan fingerprint density at radius 2 is 1.87 bits per heavy atom. The molecule has 0 spiro atoms. The molecule has 5 rings (SSSR count). The molecule has 0 aromatic heterocycles. The first-order valence-electron chi connectivity index (χ1n) is 10.1. The highest BCUT2D eigenvalue weighted by Gasteiger charge is 2.36. The standard InChI is InChI=1S/C25H21BrO3S/c26-17-6-8-21-22(27)14-25(29-24(21)12-17)20-10-11-28-23-13-18(7-9-19(20)23)30-15-16-4-2-1-3-5-16/h1-9,12-13,20,25H,10-11,14-15H2. The van der Waals surface area contributed by atoms with E-state index >= 15 is 0 Å². The molecule has 0 saturated carbocycles. The van der Waals surface area contributed by atoms with Crippen LogP contribution in [0.25, 0.3) is 0 Å². The van der Waals surface area contributed by atoms with E-state index in [1.165, 1.54) is 10.5 Å². The van der Waals surface area contributed by atoms with Gasteiger partial charge in [0.05, 0.1) is 12.2 Å². The van der Waals surface area contributed by atoms with Crippen molar-refractivity contribution in [2.45, 2.75) is 35.5 Å². The highest BCUT2D eigenvalue weighted by atomic mass is 79.9. The average Bonchev–Trinajstić information content (AvgIpc) is 2.77. The molecule has 2 aliphatic heterocycles. The SMILES string of the molecule is O=C1CC(C2CCOc3cc(SCc4ccccc4)ccc32)Oc2cc(Br)ccc21. The van der Waals surface area contributed by atoms with Crippen LogP contribution in [0.3, 0.4) is 0 Å². The monoisotopic (exact) mass is 480 g/mol. The number of carbonyl (C=O) groups is 1. The molecule has 3 aromatic rings. The van der Waals surface area contributed by atoms with Crippen molar-refractivity contribution in [3.8, 4) is 11.5 Å². The van der Waals surface area contributed by atoms with E-state index in [-0.39, 0.29) is 17.8 Å². The maximum atomic E-state index is 12.7. The van der Waals surface area contributed by atoms with Gasteiger partial charge in [-0.1, -0.05) is 52.3 Å². The summed E-state index contributed by atoms with van der Waals surface area (Å²) in [6, 6.07) is 22.5. The van der Waals surface area contributed by atoms with E-state index in [2.05, 4.69) is 58.4 Å². The van der Waals surface area contributed by atoms with Crippen LogP contribution in [0.5, 0.6) is 11.5 Å². The molecule has 3 nitrogen and oxygen atoms in total.